The van der Waals surface area contributed by atoms with Gasteiger partial charge in [-0.2, -0.15) is 0 Å². The fourth-order valence-corrected chi connectivity index (χ4v) is 2.94. The van der Waals surface area contributed by atoms with Crippen molar-refractivity contribution in [1.82, 2.24) is 20.2 Å². The van der Waals surface area contributed by atoms with E-state index in [0.717, 1.165) is 29.8 Å². The number of nitrogens with zero attached hydrogens (tertiary/aromatic N) is 3. The van der Waals surface area contributed by atoms with Crippen LogP contribution in [0.25, 0.3) is 11.0 Å². The molecule has 25 heavy (non-hydrogen) atoms. The lowest BCUT2D eigenvalue weighted by molar-refractivity contribution is 0.596. The van der Waals surface area contributed by atoms with E-state index < -0.39 is 10.0 Å². The van der Waals surface area contributed by atoms with Gasteiger partial charge in [-0.1, -0.05) is 12.1 Å². The van der Waals surface area contributed by atoms with Gasteiger partial charge in [-0.3, -0.25) is 4.99 Å². The number of hydrogen-bond donors (Lipinski definition) is 3. The number of guanidine groups is 1. The molecule has 0 saturated carbocycles. The Morgan fingerprint density at radius 1 is 1.32 bits per heavy atom. The molecule has 0 bridgehead atoms. The second kappa shape index (κ2) is 8.82. The summed E-state index contributed by atoms with van der Waals surface area (Å²) in [5, 5.41) is 11.1. The number of hydrogen-bond acceptors (Lipinski definition) is 4. The van der Waals surface area contributed by atoms with Crippen LogP contribution < -0.4 is 15.8 Å². The highest BCUT2D eigenvalue weighted by molar-refractivity contribution is 7.89. The summed E-state index contributed by atoms with van der Waals surface area (Å²) < 4.78 is 24.1. The van der Waals surface area contributed by atoms with E-state index in [9.17, 15) is 8.42 Å². The van der Waals surface area contributed by atoms with Crippen LogP contribution in [-0.2, 0) is 16.6 Å². The molecule has 0 fully saturated rings. The normalized spacial score (nSPS) is 12.5. The van der Waals surface area contributed by atoms with Crippen molar-refractivity contribution >= 4 is 27.0 Å². The molecule has 0 aliphatic rings. The molecule has 4 N–H and O–H groups in total. The van der Waals surface area contributed by atoms with E-state index in [0.29, 0.717) is 19.0 Å². The van der Waals surface area contributed by atoms with Crippen LogP contribution in [0.15, 0.2) is 29.3 Å². The van der Waals surface area contributed by atoms with E-state index in [4.69, 9.17) is 5.14 Å². The number of primary sulfonamides is 1. The van der Waals surface area contributed by atoms with Gasteiger partial charge in [0.15, 0.2) is 5.96 Å². The first-order valence-electron chi connectivity index (χ1n) is 8.35. The van der Waals surface area contributed by atoms with E-state index in [2.05, 4.69) is 31.2 Å². The Morgan fingerprint density at radius 3 is 2.80 bits per heavy atom. The molecule has 0 spiro atoms. The van der Waals surface area contributed by atoms with Crippen LogP contribution in [0.5, 0.6) is 0 Å². The van der Waals surface area contributed by atoms with Gasteiger partial charge in [-0.05, 0) is 32.4 Å². The third kappa shape index (κ3) is 6.02. The smallest absolute Gasteiger partial charge is 0.210 e. The number of nitrogens with two attached hydrogens (primary N) is 1. The number of sulfonamides is 1. The predicted octanol–water partition coefficient (Wildman–Crippen LogP) is 0.578. The molecule has 0 radical (unpaired) electrons. The summed E-state index contributed by atoms with van der Waals surface area (Å²) in [6.07, 6.45) is 0.854. The van der Waals surface area contributed by atoms with Crippen LogP contribution in [0, 0.1) is 6.92 Å². The van der Waals surface area contributed by atoms with E-state index in [1.54, 1.807) is 0 Å². The molecule has 9 heteroatoms. The van der Waals surface area contributed by atoms with Crippen LogP contribution in [0.1, 0.15) is 19.2 Å². The Labute approximate surface area is 148 Å². The highest BCUT2D eigenvalue weighted by Gasteiger charge is 2.06. The van der Waals surface area contributed by atoms with E-state index in [1.807, 2.05) is 32.0 Å². The topological polar surface area (TPSA) is 114 Å². The number of aryl methyl sites for hydroxylation is 2. The molecule has 0 atom stereocenters. The third-order valence-electron chi connectivity index (χ3n) is 3.68. The van der Waals surface area contributed by atoms with Crippen molar-refractivity contribution in [3.8, 4) is 0 Å². The fourth-order valence-electron chi connectivity index (χ4n) is 2.55. The van der Waals surface area contributed by atoms with Crippen LogP contribution in [0.4, 0.5) is 0 Å². The molecule has 8 nitrogen and oxygen atoms in total. The van der Waals surface area contributed by atoms with Gasteiger partial charge < -0.3 is 15.2 Å². The van der Waals surface area contributed by atoms with Gasteiger partial charge in [0.2, 0.25) is 10.0 Å². The lowest BCUT2D eigenvalue weighted by atomic mass is 10.3. The molecular formula is C16H26N6O2S. The molecule has 0 unspecified atom stereocenters. The fraction of sp³-hybridized carbons (Fsp3) is 0.500. The number of fused-ring (bicyclic) bond motifs is 1. The monoisotopic (exact) mass is 366 g/mol. The van der Waals surface area contributed by atoms with Crippen molar-refractivity contribution < 1.29 is 8.42 Å². The molecule has 138 valence electrons. The predicted molar refractivity (Wildman–Crippen MR) is 101 cm³/mol. The second-order valence-corrected chi connectivity index (χ2v) is 7.44. The van der Waals surface area contributed by atoms with Gasteiger partial charge in [-0.25, -0.2) is 18.5 Å². The summed E-state index contributed by atoms with van der Waals surface area (Å²) in [4.78, 5) is 9.02. The van der Waals surface area contributed by atoms with E-state index in [-0.39, 0.29) is 12.3 Å². The van der Waals surface area contributed by atoms with Gasteiger partial charge in [0.25, 0.3) is 0 Å². The molecule has 1 aromatic carbocycles. The van der Waals surface area contributed by atoms with Crippen LogP contribution in [0.3, 0.4) is 0 Å². The minimum absolute atomic E-state index is 0.127. The van der Waals surface area contributed by atoms with Gasteiger partial charge in [0, 0.05) is 26.2 Å². The molecule has 0 amide bonds. The van der Waals surface area contributed by atoms with Crippen molar-refractivity contribution in [3.63, 3.8) is 0 Å². The van der Waals surface area contributed by atoms with Crippen LogP contribution >= 0.6 is 0 Å². The average molecular weight is 366 g/mol. The molecule has 0 aliphatic carbocycles. The largest absolute Gasteiger partial charge is 0.357 e. The summed E-state index contributed by atoms with van der Waals surface area (Å²) in [5.74, 6) is 1.46. The third-order valence-corrected chi connectivity index (χ3v) is 4.45. The number of imidazole rings is 1. The van der Waals surface area contributed by atoms with Crippen molar-refractivity contribution in [3.05, 3.63) is 30.1 Å². The molecule has 0 aliphatic heterocycles. The van der Waals surface area contributed by atoms with E-state index in [1.165, 1.54) is 0 Å². The van der Waals surface area contributed by atoms with Gasteiger partial charge in [0.1, 0.15) is 5.82 Å². The molecule has 2 rings (SSSR count). The summed E-state index contributed by atoms with van der Waals surface area (Å²) in [6, 6.07) is 8.07. The Bertz CT molecular complexity index is 828. The molecule has 1 aromatic heterocycles. The van der Waals surface area contributed by atoms with Gasteiger partial charge >= 0.3 is 0 Å². The van der Waals surface area contributed by atoms with Crippen molar-refractivity contribution in [2.75, 3.05) is 25.4 Å². The molecule has 2 aromatic rings. The first kappa shape index (κ1) is 19.2. The summed E-state index contributed by atoms with van der Waals surface area (Å²) >= 11 is 0. The highest BCUT2D eigenvalue weighted by Crippen LogP contribution is 2.15. The number of para-hydroxylation sites is 2. The highest BCUT2D eigenvalue weighted by atomic mass is 32.2. The number of benzene rings is 1. The summed E-state index contributed by atoms with van der Waals surface area (Å²) in [6.45, 7) is 6.34. The standard InChI is InChI=1S/C16H26N6O2S/c1-3-18-16(20-10-12-25(17,23)24)19-9-6-11-22-13(2)21-14-7-4-5-8-15(14)22/h4-5,7-8H,3,6,9-12H2,1-2H3,(H2,17,23,24)(H2,18,19,20). The first-order valence-corrected chi connectivity index (χ1v) is 10.1. The maximum Gasteiger partial charge on any atom is 0.210 e. The first-order chi connectivity index (χ1) is 11.9. The van der Waals surface area contributed by atoms with Crippen molar-refractivity contribution in [2.45, 2.75) is 26.8 Å². The quantitative estimate of drug-likeness (QED) is 0.359. The SMILES string of the molecule is CCNC(=NCCCn1c(C)nc2ccccc21)NCCS(N)(=O)=O. The van der Waals surface area contributed by atoms with Crippen LogP contribution in [-0.4, -0.2) is 49.3 Å². The number of aromatic nitrogens is 2. The van der Waals surface area contributed by atoms with Gasteiger partial charge in [-0.15, -0.1) is 0 Å². The Hall–Kier alpha value is -2.13. The minimum atomic E-state index is -3.47. The average Bonchev–Trinajstić information content (AvgIpc) is 2.86. The molecular weight excluding hydrogens is 340 g/mol. The Balaban J connectivity index is 1.89. The minimum Gasteiger partial charge on any atom is -0.357 e. The molecule has 1 heterocycles. The zero-order valence-corrected chi connectivity index (χ0v) is 15.5. The van der Waals surface area contributed by atoms with Crippen LogP contribution in [0.2, 0.25) is 0 Å². The molecule has 0 saturated heterocycles. The summed E-state index contributed by atoms with van der Waals surface area (Å²) in [5.41, 5.74) is 2.13. The number of nitrogens with one attached hydrogen (secondary N) is 2. The zero-order chi connectivity index (χ0) is 18.3. The Kier molecular flexibility index (Phi) is 6.77. The van der Waals surface area contributed by atoms with E-state index >= 15 is 0 Å². The zero-order valence-electron chi connectivity index (χ0n) is 14.7. The maximum atomic E-state index is 11.0. The van der Waals surface area contributed by atoms with Crippen molar-refractivity contribution in [2.24, 2.45) is 10.1 Å². The van der Waals surface area contributed by atoms with Gasteiger partial charge in [0.05, 0.1) is 16.8 Å². The number of rotatable bonds is 8. The lowest BCUT2D eigenvalue weighted by Crippen LogP contribution is -2.40. The Morgan fingerprint density at radius 2 is 2.08 bits per heavy atom. The number of aliphatic imine (C=N–C) groups is 1. The lowest BCUT2D eigenvalue weighted by Gasteiger charge is -2.11. The maximum absolute atomic E-state index is 11.0. The van der Waals surface area contributed by atoms with Crippen molar-refractivity contribution in [1.29, 1.82) is 0 Å². The second-order valence-electron chi connectivity index (χ2n) is 5.71. The summed E-state index contributed by atoms with van der Waals surface area (Å²) in [7, 11) is -3.47.